The summed E-state index contributed by atoms with van der Waals surface area (Å²) in [4.78, 5) is 8.53. The molecule has 0 bridgehead atoms. The van der Waals surface area contributed by atoms with Crippen LogP contribution in [-0.2, 0) is 6.54 Å². The van der Waals surface area contributed by atoms with Crippen LogP contribution < -0.4 is 5.32 Å². The first-order valence-electron chi connectivity index (χ1n) is 7.30. The maximum Gasteiger partial charge on any atom is 0.193 e. The standard InChI is InChI=1S/C16H27FN4.HI/c1-13(2)20(4)10-9-19-16(18-3)21(5)12-14-7-6-8-15(17)11-14;/h6-8,11,13H,9-10,12H2,1-5H3,(H,18,19);1H. The van der Waals surface area contributed by atoms with Crippen molar-refractivity contribution in [3.63, 3.8) is 0 Å². The zero-order valence-corrected chi connectivity index (χ0v) is 16.5. The number of halogens is 2. The first kappa shape index (κ1) is 21.1. The largest absolute Gasteiger partial charge is 0.355 e. The number of rotatable bonds is 6. The second-order valence-corrected chi connectivity index (χ2v) is 5.53. The van der Waals surface area contributed by atoms with Gasteiger partial charge in [-0.25, -0.2) is 4.39 Å². The Morgan fingerprint density at radius 3 is 2.55 bits per heavy atom. The molecule has 1 aromatic carbocycles. The average molecular weight is 422 g/mol. The molecule has 0 aliphatic rings. The van der Waals surface area contributed by atoms with Crippen LogP contribution >= 0.6 is 24.0 Å². The van der Waals surface area contributed by atoms with Crippen molar-refractivity contribution in [1.29, 1.82) is 0 Å². The summed E-state index contributed by atoms with van der Waals surface area (Å²) in [6.07, 6.45) is 0. The van der Waals surface area contributed by atoms with Crippen molar-refractivity contribution in [2.45, 2.75) is 26.4 Å². The van der Waals surface area contributed by atoms with E-state index >= 15 is 0 Å². The van der Waals surface area contributed by atoms with E-state index in [1.807, 2.05) is 18.0 Å². The molecule has 0 saturated heterocycles. The van der Waals surface area contributed by atoms with E-state index in [4.69, 9.17) is 0 Å². The molecule has 1 N–H and O–H groups in total. The van der Waals surface area contributed by atoms with Crippen molar-refractivity contribution in [2.75, 3.05) is 34.2 Å². The van der Waals surface area contributed by atoms with Crippen molar-refractivity contribution >= 4 is 29.9 Å². The highest BCUT2D eigenvalue weighted by atomic mass is 127. The Bertz CT molecular complexity index is 465. The van der Waals surface area contributed by atoms with Gasteiger partial charge in [0.15, 0.2) is 5.96 Å². The minimum absolute atomic E-state index is 0. The number of nitrogens with one attached hydrogen (secondary N) is 1. The lowest BCUT2D eigenvalue weighted by Crippen LogP contribution is -2.42. The van der Waals surface area contributed by atoms with Crippen molar-refractivity contribution < 1.29 is 4.39 Å². The molecule has 0 aliphatic carbocycles. The Kier molecular flexibility index (Phi) is 10.3. The third-order valence-electron chi connectivity index (χ3n) is 3.51. The molecular weight excluding hydrogens is 394 g/mol. The summed E-state index contributed by atoms with van der Waals surface area (Å²) in [5.41, 5.74) is 0.930. The van der Waals surface area contributed by atoms with Crippen LogP contribution in [0, 0.1) is 5.82 Å². The lowest BCUT2D eigenvalue weighted by atomic mass is 10.2. The van der Waals surface area contributed by atoms with Crippen LogP contribution in [0.25, 0.3) is 0 Å². The van der Waals surface area contributed by atoms with Gasteiger partial charge in [0.1, 0.15) is 5.82 Å². The fourth-order valence-corrected chi connectivity index (χ4v) is 1.97. The molecule has 0 heterocycles. The van der Waals surface area contributed by atoms with Gasteiger partial charge in [-0.15, -0.1) is 24.0 Å². The van der Waals surface area contributed by atoms with Crippen molar-refractivity contribution in [1.82, 2.24) is 15.1 Å². The molecule has 0 aliphatic heterocycles. The summed E-state index contributed by atoms with van der Waals surface area (Å²) in [6.45, 7) is 6.74. The van der Waals surface area contributed by atoms with Crippen LogP contribution in [0.2, 0.25) is 0 Å². The SMILES string of the molecule is CN=C(NCCN(C)C(C)C)N(C)Cc1cccc(F)c1.I. The molecule has 0 unspecified atom stereocenters. The molecule has 0 saturated carbocycles. The van der Waals surface area contributed by atoms with E-state index in [2.05, 4.69) is 36.1 Å². The minimum Gasteiger partial charge on any atom is -0.355 e. The molecule has 0 amide bonds. The topological polar surface area (TPSA) is 30.9 Å². The average Bonchev–Trinajstić information content (AvgIpc) is 2.43. The zero-order chi connectivity index (χ0) is 15.8. The normalized spacial score (nSPS) is 11.5. The number of hydrogen-bond acceptors (Lipinski definition) is 2. The van der Waals surface area contributed by atoms with Crippen LogP contribution in [0.4, 0.5) is 4.39 Å². The summed E-state index contributed by atoms with van der Waals surface area (Å²) in [5.74, 6) is 0.610. The number of nitrogens with zero attached hydrogens (tertiary/aromatic N) is 3. The highest BCUT2D eigenvalue weighted by molar-refractivity contribution is 14.0. The van der Waals surface area contributed by atoms with E-state index in [-0.39, 0.29) is 29.8 Å². The summed E-state index contributed by atoms with van der Waals surface area (Å²) >= 11 is 0. The van der Waals surface area contributed by atoms with Gasteiger partial charge >= 0.3 is 0 Å². The quantitative estimate of drug-likeness (QED) is 0.435. The zero-order valence-electron chi connectivity index (χ0n) is 14.1. The van der Waals surface area contributed by atoms with Gasteiger partial charge in [-0.05, 0) is 38.6 Å². The molecule has 126 valence electrons. The Labute approximate surface area is 150 Å². The van der Waals surface area contributed by atoms with Gasteiger partial charge in [-0.1, -0.05) is 12.1 Å². The Morgan fingerprint density at radius 1 is 1.32 bits per heavy atom. The number of benzene rings is 1. The Balaban J connectivity index is 0.00000441. The molecule has 0 fully saturated rings. The summed E-state index contributed by atoms with van der Waals surface area (Å²) in [6, 6.07) is 7.18. The Hall–Kier alpha value is -0.890. The van der Waals surface area contributed by atoms with Crippen molar-refractivity contribution in [3.8, 4) is 0 Å². The van der Waals surface area contributed by atoms with Crippen LogP contribution in [0.1, 0.15) is 19.4 Å². The highest BCUT2D eigenvalue weighted by Gasteiger charge is 2.08. The third-order valence-corrected chi connectivity index (χ3v) is 3.51. The Morgan fingerprint density at radius 2 is 2.00 bits per heavy atom. The smallest absolute Gasteiger partial charge is 0.193 e. The lowest BCUT2D eigenvalue weighted by molar-refractivity contribution is 0.277. The minimum atomic E-state index is -0.206. The first-order valence-corrected chi connectivity index (χ1v) is 7.30. The predicted octanol–water partition coefficient (Wildman–Crippen LogP) is 2.79. The van der Waals surface area contributed by atoms with Crippen molar-refractivity contribution in [3.05, 3.63) is 35.6 Å². The van der Waals surface area contributed by atoms with Crippen LogP contribution in [-0.4, -0.2) is 56.0 Å². The van der Waals surface area contributed by atoms with Gasteiger partial charge in [0.05, 0.1) is 0 Å². The van der Waals surface area contributed by atoms with E-state index in [0.29, 0.717) is 12.6 Å². The van der Waals surface area contributed by atoms with Gasteiger partial charge in [-0.2, -0.15) is 0 Å². The molecule has 1 rings (SSSR count). The third kappa shape index (κ3) is 7.40. The summed E-state index contributed by atoms with van der Waals surface area (Å²) in [5, 5.41) is 3.33. The first-order chi connectivity index (χ1) is 9.93. The van der Waals surface area contributed by atoms with Gasteiger partial charge in [0.25, 0.3) is 0 Å². The number of hydrogen-bond donors (Lipinski definition) is 1. The van der Waals surface area contributed by atoms with Gasteiger partial charge in [0, 0.05) is 39.8 Å². The fourth-order valence-electron chi connectivity index (χ4n) is 1.97. The molecule has 22 heavy (non-hydrogen) atoms. The van der Waals surface area contributed by atoms with E-state index in [9.17, 15) is 4.39 Å². The molecule has 0 aromatic heterocycles. The number of likely N-dealkylation sites (N-methyl/N-ethyl adjacent to an activating group) is 1. The molecule has 1 aromatic rings. The molecule has 6 heteroatoms. The van der Waals surface area contributed by atoms with Gasteiger partial charge < -0.3 is 15.1 Å². The van der Waals surface area contributed by atoms with Gasteiger partial charge in [-0.3, -0.25) is 4.99 Å². The van der Waals surface area contributed by atoms with E-state index in [1.165, 1.54) is 6.07 Å². The molecule has 0 radical (unpaired) electrons. The second-order valence-electron chi connectivity index (χ2n) is 5.53. The highest BCUT2D eigenvalue weighted by Crippen LogP contribution is 2.06. The number of aliphatic imine (C=N–C) groups is 1. The van der Waals surface area contributed by atoms with Crippen LogP contribution in [0.15, 0.2) is 29.3 Å². The molecular formula is C16H28FIN4. The van der Waals surface area contributed by atoms with E-state index in [0.717, 1.165) is 24.6 Å². The molecule has 0 atom stereocenters. The molecule has 0 spiro atoms. The predicted molar refractivity (Wildman–Crippen MR) is 102 cm³/mol. The van der Waals surface area contributed by atoms with E-state index < -0.39 is 0 Å². The fraction of sp³-hybridized carbons (Fsp3) is 0.562. The number of guanidine groups is 1. The lowest BCUT2D eigenvalue weighted by Gasteiger charge is -2.25. The molecule has 4 nitrogen and oxygen atoms in total. The van der Waals surface area contributed by atoms with Gasteiger partial charge in [0.2, 0.25) is 0 Å². The maximum atomic E-state index is 13.2. The maximum absolute atomic E-state index is 13.2. The second kappa shape index (κ2) is 10.8. The summed E-state index contributed by atoms with van der Waals surface area (Å²) < 4.78 is 13.2. The van der Waals surface area contributed by atoms with Crippen LogP contribution in [0.3, 0.4) is 0 Å². The monoisotopic (exact) mass is 422 g/mol. The van der Waals surface area contributed by atoms with E-state index in [1.54, 1.807) is 19.2 Å². The summed E-state index contributed by atoms with van der Waals surface area (Å²) in [7, 11) is 5.81. The van der Waals surface area contributed by atoms with Crippen LogP contribution in [0.5, 0.6) is 0 Å². The van der Waals surface area contributed by atoms with Crippen molar-refractivity contribution in [2.24, 2.45) is 4.99 Å².